The third-order valence-corrected chi connectivity index (χ3v) is 6.16. The van der Waals surface area contributed by atoms with E-state index in [1.165, 1.54) is 13.2 Å². The number of hydrogen-bond acceptors (Lipinski definition) is 5. The lowest BCUT2D eigenvalue weighted by atomic mass is 10.1. The molecule has 0 aliphatic carbocycles. The Morgan fingerprint density at radius 3 is 2.32 bits per heavy atom. The Bertz CT molecular complexity index is 1420. The van der Waals surface area contributed by atoms with Gasteiger partial charge in [-0.3, -0.25) is 9.59 Å². The molecule has 0 fully saturated rings. The molecule has 0 bridgehead atoms. The fourth-order valence-corrected chi connectivity index (χ4v) is 4.19. The summed E-state index contributed by atoms with van der Waals surface area (Å²) in [6, 6.07) is 16.7. The van der Waals surface area contributed by atoms with Gasteiger partial charge in [0.1, 0.15) is 11.6 Å². The number of amides is 2. The Labute approximate surface area is 225 Å². The minimum atomic E-state index is -0.520. The van der Waals surface area contributed by atoms with Gasteiger partial charge in [0, 0.05) is 11.4 Å². The quantitative estimate of drug-likeness (QED) is 0.250. The zero-order chi connectivity index (χ0) is 27.1. The van der Waals surface area contributed by atoms with Crippen LogP contribution in [0.1, 0.15) is 27.8 Å². The average molecular weight is 562 g/mol. The van der Waals surface area contributed by atoms with Crippen LogP contribution in [0, 0.1) is 39.0 Å². The van der Waals surface area contributed by atoms with E-state index in [0.717, 1.165) is 27.9 Å². The maximum absolute atomic E-state index is 12.7. The van der Waals surface area contributed by atoms with Gasteiger partial charge in [0.05, 0.1) is 11.6 Å². The molecule has 0 aliphatic heterocycles. The lowest BCUT2D eigenvalue weighted by Crippen LogP contribution is -2.21. The molecule has 2 N–H and O–H groups in total. The van der Waals surface area contributed by atoms with Crippen molar-refractivity contribution >= 4 is 45.2 Å². The zero-order valence-corrected chi connectivity index (χ0v) is 22.9. The van der Waals surface area contributed by atoms with Crippen LogP contribution in [0.5, 0.6) is 11.5 Å². The summed E-state index contributed by atoms with van der Waals surface area (Å²) in [6.45, 7) is 7.49. The van der Waals surface area contributed by atoms with Crippen LogP contribution in [-0.2, 0) is 9.59 Å². The number of benzene rings is 3. The van der Waals surface area contributed by atoms with Gasteiger partial charge in [-0.25, -0.2) is 0 Å². The summed E-state index contributed by atoms with van der Waals surface area (Å²) >= 11 is 3.45. The Hall–Kier alpha value is -4.09. The largest absolute Gasteiger partial charge is 0.493 e. The molecule has 3 aromatic carbocycles. The number of anilines is 2. The summed E-state index contributed by atoms with van der Waals surface area (Å²) < 4.78 is 11.7. The number of methoxy groups -OCH3 is 1. The smallest absolute Gasteiger partial charge is 0.266 e. The van der Waals surface area contributed by atoms with E-state index in [4.69, 9.17) is 9.47 Å². The summed E-state index contributed by atoms with van der Waals surface area (Å²) in [5, 5.41) is 15.2. The average Bonchev–Trinajstić information content (AvgIpc) is 2.85. The number of carbonyl (C=O) groups is 2. The van der Waals surface area contributed by atoms with Crippen molar-refractivity contribution in [1.82, 2.24) is 0 Å². The number of nitrogens with one attached hydrogen (secondary N) is 2. The SMILES string of the molecule is COc1cc(/C=C(\C#N)C(=O)Nc2ccc(C)cc2C)cc(Br)c1OCC(=O)Nc1cc(C)ccc1C. The first-order valence-electron chi connectivity index (χ1n) is 11.5. The number of hydrogen-bond donors (Lipinski definition) is 2. The third-order valence-electron chi connectivity index (χ3n) is 5.57. The molecule has 7 nitrogen and oxygen atoms in total. The van der Waals surface area contributed by atoms with E-state index in [9.17, 15) is 14.9 Å². The van der Waals surface area contributed by atoms with Crippen LogP contribution in [0.2, 0.25) is 0 Å². The minimum Gasteiger partial charge on any atom is -0.493 e. The predicted molar refractivity (Wildman–Crippen MR) is 149 cm³/mol. The molecular weight excluding hydrogens is 534 g/mol. The normalized spacial score (nSPS) is 10.9. The van der Waals surface area contributed by atoms with E-state index in [1.54, 1.807) is 18.2 Å². The molecule has 8 heteroatoms. The first-order valence-corrected chi connectivity index (χ1v) is 12.3. The number of aryl methyl sites for hydroxylation is 4. The predicted octanol–water partition coefficient (Wildman–Crippen LogP) is 6.25. The van der Waals surface area contributed by atoms with E-state index in [0.29, 0.717) is 27.2 Å². The molecule has 0 atom stereocenters. The van der Waals surface area contributed by atoms with Gasteiger partial charge >= 0.3 is 0 Å². The molecule has 37 heavy (non-hydrogen) atoms. The lowest BCUT2D eigenvalue weighted by molar-refractivity contribution is -0.118. The highest BCUT2D eigenvalue weighted by atomic mass is 79.9. The van der Waals surface area contributed by atoms with Crippen LogP contribution in [0.3, 0.4) is 0 Å². The first kappa shape index (κ1) is 27.5. The summed E-state index contributed by atoms with van der Waals surface area (Å²) in [4.78, 5) is 25.2. The maximum atomic E-state index is 12.7. The Balaban J connectivity index is 1.76. The standard InChI is InChI=1S/C29H28BrN3O4/c1-17-7-9-24(20(4)10-17)33-29(35)22(15-31)12-21-13-23(30)28(26(14-21)36-5)37-16-27(34)32-25-11-18(2)6-8-19(25)3/h6-14H,16H2,1-5H3,(H,32,34)(H,33,35)/b22-12+. The fraction of sp³-hybridized carbons (Fsp3) is 0.207. The van der Waals surface area contributed by atoms with E-state index in [1.807, 2.05) is 64.1 Å². The lowest BCUT2D eigenvalue weighted by Gasteiger charge is -2.14. The molecular formula is C29H28BrN3O4. The Kier molecular flexibility index (Phi) is 9.10. The van der Waals surface area contributed by atoms with Crippen molar-refractivity contribution in [1.29, 1.82) is 5.26 Å². The van der Waals surface area contributed by atoms with Gasteiger partial charge in [-0.1, -0.05) is 29.8 Å². The van der Waals surface area contributed by atoms with Crippen molar-refractivity contribution in [2.45, 2.75) is 27.7 Å². The van der Waals surface area contributed by atoms with Crippen molar-refractivity contribution in [2.75, 3.05) is 24.4 Å². The zero-order valence-electron chi connectivity index (χ0n) is 21.4. The fourth-order valence-electron chi connectivity index (χ4n) is 3.62. The van der Waals surface area contributed by atoms with Gasteiger partial charge in [0.15, 0.2) is 18.1 Å². The molecule has 190 valence electrons. The number of ether oxygens (including phenoxy) is 2. The molecule has 0 unspecified atom stereocenters. The Morgan fingerprint density at radius 2 is 1.65 bits per heavy atom. The van der Waals surface area contributed by atoms with Crippen molar-refractivity contribution in [3.8, 4) is 17.6 Å². The summed E-state index contributed by atoms with van der Waals surface area (Å²) in [6.07, 6.45) is 1.46. The summed E-state index contributed by atoms with van der Waals surface area (Å²) in [7, 11) is 1.47. The molecule has 0 saturated carbocycles. The van der Waals surface area contributed by atoms with Gasteiger partial charge in [0.25, 0.3) is 11.8 Å². The molecule has 0 saturated heterocycles. The number of nitrogens with zero attached hydrogens (tertiary/aromatic N) is 1. The van der Waals surface area contributed by atoms with Crippen molar-refractivity contribution in [3.63, 3.8) is 0 Å². The summed E-state index contributed by atoms with van der Waals surface area (Å²) in [5.41, 5.74) is 5.80. The second-order valence-corrected chi connectivity index (χ2v) is 9.49. The topological polar surface area (TPSA) is 100 Å². The second-order valence-electron chi connectivity index (χ2n) is 8.63. The van der Waals surface area contributed by atoms with Crippen LogP contribution >= 0.6 is 15.9 Å². The van der Waals surface area contributed by atoms with Crippen LogP contribution in [0.25, 0.3) is 6.08 Å². The second kappa shape index (κ2) is 12.2. The summed E-state index contributed by atoms with van der Waals surface area (Å²) in [5.74, 6) is -0.171. The highest BCUT2D eigenvalue weighted by molar-refractivity contribution is 9.10. The van der Waals surface area contributed by atoms with Crippen molar-refractivity contribution in [3.05, 3.63) is 86.4 Å². The highest BCUT2D eigenvalue weighted by Crippen LogP contribution is 2.37. The number of rotatable bonds is 8. The third kappa shape index (κ3) is 7.21. The molecule has 3 rings (SSSR count). The molecule has 0 radical (unpaired) electrons. The molecule has 0 spiro atoms. The van der Waals surface area contributed by atoms with Gasteiger partial charge < -0.3 is 20.1 Å². The van der Waals surface area contributed by atoms with E-state index < -0.39 is 5.91 Å². The van der Waals surface area contributed by atoms with Crippen LogP contribution in [0.15, 0.2) is 58.6 Å². The van der Waals surface area contributed by atoms with Crippen LogP contribution in [0.4, 0.5) is 11.4 Å². The van der Waals surface area contributed by atoms with E-state index in [-0.39, 0.29) is 18.1 Å². The van der Waals surface area contributed by atoms with Crippen LogP contribution in [-0.4, -0.2) is 25.5 Å². The van der Waals surface area contributed by atoms with Gasteiger partial charge in [-0.2, -0.15) is 5.26 Å². The molecule has 0 aliphatic rings. The maximum Gasteiger partial charge on any atom is 0.266 e. The van der Waals surface area contributed by atoms with E-state index >= 15 is 0 Å². The van der Waals surface area contributed by atoms with Crippen LogP contribution < -0.4 is 20.1 Å². The van der Waals surface area contributed by atoms with Gasteiger partial charge in [0.2, 0.25) is 0 Å². The van der Waals surface area contributed by atoms with Gasteiger partial charge in [-0.05, 0) is 96.2 Å². The van der Waals surface area contributed by atoms with E-state index in [2.05, 4.69) is 26.6 Å². The molecule has 2 amide bonds. The Morgan fingerprint density at radius 1 is 0.946 bits per heavy atom. The van der Waals surface area contributed by atoms with Gasteiger partial charge in [-0.15, -0.1) is 0 Å². The first-order chi connectivity index (χ1) is 17.6. The molecule has 0 heterocycles. The molecule has 3 aromatic rings. The monoisotopic (exact) mass is 561 g/mol. The number of carbonyl (C=O) groups excluding carboxylic acids is 2. The number of nitriles is 1. The van der Waals surface area contributed by atoms with Crippen molar-refractivity contribution < 1.29 is 19.1 Å². The number of halogens is 1. The highest BCUT2D eigenvalue weighted by Gasteiger charge is 2.16. The minimum absolute atomic E-state index is 0.0736. The van der Waals surface area contributed by atoms with Crippen molar-refractivity contribution in [2.24, 2.45) is 0 Å². The molecule has 0 aromatic heterocycles.